The quantitative estimate of drug-likeness (QED) is 0.700. The first kappa shape index (κ1) is 20.5. The second-order valence-corrected chi connectivity index (χ2v) is 8.50. The molecule has 3 heterocycles. The van der Waals surface area contributed by atoms with E-state index < -0.39 is 18.0 Å². The number of nitrogens with zero attached hydrogens (tertiary/aromatic N) is 5. The van der Waals surface area contributed by atoms with Crippen molar-refractivity contribution in [2.45, 2.75) is 45.8 Å². The van der Waals surface area contributed by atoms with Crippen molar-refractivity contribution >= 4 is 11.6 Å². The monoisotopic (exact) mass is 413 g/mol. The van der Waals surface area contributed by atoms with E-state index in [0.717, 1.165) is 12.0 Å². The number of halogens is 2. The van der Waals surface area contributed by atoms with E-state index in [1.807, 2.05) is 11.0 Å². The van der Waals surface area contributed by atoms with Gasteiger partial charge < -0.3 is 9.47 Å². The van der Waals surface area contributed by atoms with Crippen LogP contribution in [0.2, 0.25) is 0 Å². The Labute approximate surface area is 174 Å². The lowest BCUT2D eigenvalue weighted by Gasteiger charge is -2.35. The fourth-order valence-electron chi connectivity index (χ4n) is 4.27. The van der Waals surface area contributed by atoms with Gasteiger partial charge in [-0.2, -0.15) is 13.8 Å². The van der Waals surface area contributed by atoms with Gasteiger partial charge >= 0.3 is 5.92 Å². The van der Waals surface area contributed by atoms with Crippen molar-refractivity contribution in [3.8, 4) is 0 Å². The zero-order valence-corrected chi connectivity index (χ0v) is 17.2. The highest BCUT2D eigenvalue weighted by Gasteiger charge is 2.46. The molecule has 0 fully saturated rings. The third kappa shape index (κ3) is 3.82. The maximum atomic E-state index is 15.3. The first-order valence-electron chi connectivity index (χ1n) is 10.2. The van der Waals surface area contributed by atoms with Crippen molar-refractivity contribution in [2.24, 2.45) is 5.92 Å². The fourth-order valence-corrected chi connectivity index (χ4v) is 4.27. The van der Waals surface area contributed by atoms with Crippen molar-refractivity contribution in [3.05, 3.63) is 62.9 Å². The molecular weight excluding hydrogens is 388 g/mol. The van der Waals surface area contributed by atoms with Crippen LogP contribution in [0.5, 0.6) is 0 Å². The van der Waals surface area contributed by atoms with Gasteiger partial charge in [-0.05, 0) is 17.9 Å². The third-order valence-corrected chi connectivity index (χ3v) is 5.71. The number of fused-ring (bicyclic) bond motifs is 3. The molecule has 8 heteroatoms. The van der Waals surface area contributed by atoms with Gasteiger partial charge in [0.15, 0.2) is 5.69 Å². The normalized spacial score (nSPS) is 17.7. The van der Waals surface area contributed by atoms with Crippen LogP contribution in [0.25, 0.3) is 4.85 Å². The number of anilines is 1. The minimum absolute atomic E-state index is 0.0852. The summed E-state index contributed by atoms with van der Waals surface area (Å²) in [6.45, 7) is 13.0. The minimum Gasteiger partial charge on any atom is -0.340 e. The summed E-state index contributed by atoms with van der Waals surface area (Å²) >= 11 is 0. The Kier molecular flexibility index (Phi) is 5.33. The Bertz CT molecular complexity index is 1060. The van der Waals surface area contributed by atoms with Crippen LogP contribution in [-0.4, -0.2) is 34.1 Å². The molecule has 2 aromatic rings. The van der Waals surface area contributed by atoms with E-state index >= 15 is 8.78 Å². The van der Waals surface area contributed by atoms with Crippen LogP contribution >= 0.6 is 0 Å². The summed E-state index contributed by atoms with van der Waals surface area (Å²) in [6.07, 6.45) is 0.917. The summed E-state index contributed by atoms with van der Waals surface area (Å²) in [4.78, 5) is 23.8. The lowest BCUT2D eigenvalue weighted by atomic mass is 10.0. The molecular formula is C22H25F2N5O. The highest BCUT2D eigenvalue weighted by Crippen LogP contribution is 2.38. The summed E-state index contributed by atoms with van der Waals surface area (Å²) in [5.41, 5.74) is 0.597. The van der Waals surface area contributed by atoms with E-state index in [9.17, 15) is 4.79 Å². The molecule has 2 aliphatic rings. The molecule has 4 rings (SSSR count). The van der Waals surface area contributed by atoms with Gasteiger partial charge in [-0.15, -0.1) is 0 Å². The van der Waals surface area contributed by atoms with E-state index in [1.165, 1.54) is 0 Å². The molecule has 0 bridgehead atoms. The van der Waals surface area contributed by atoms with Crippen LogP contribution in [0.4, 0.5) is 20.4 Å². The smallest absolute Gasteiger partial charge is 0.300 e. The Morgan fingerprint density at radius 2 is 2.10 bits per heavy atom. The minimum atomic E-state index is -3.14. The topological polar surface area (TPSA) is 45.7 Å². The first-order valence-corrected chi connectivity index (χ1v) is 10.2. The Hall–Kier alpha value is -2.79. The molecule has 0 N–H and O–H groups in total. The maximum Gasteiger partial charge on any atom is 0.300 e. The highest BCUT2D eigenvalue weighted by atomic mass is 19.3. The third-order valence-electron chi connectivity index (χ3n) is 5.71. The molecule has 158 valence electrons. The SMILES string of the molecule is [C-]#[N+]c1cccc(CN2Cc3c(n4c(nc3=O)N(CCC(C)C)CC4)C(F)(F)C2)c1. The molecule has 0 unspecified atom stereocenters. The molecule has 0 aliphatic carbocycles. The summed E-state index contributed by atoms with van der Waals surface area (Å²) in [5, 5.41) is 0. The maximum absolute atomic E-state index is 15.3. The molecule has 1 aromatic carbocycles. The number of rotatable bonds is 5. The molecule has 0 radical (unpaired) electrons. The van der Waals surface area contributed by atoms with Crippen molar-refractivity contribution in [2.75, 3.05) is 24.5 Å². The van der Waals surface area contributed by atoms with E-state index in [-0.39, 0.29) is 24.3 Å². The van der Waals surface area contributed by atoms with E-state index in [2.05, 4.69) is 23.7 Å². The largest absolute Gasteiger partial charge is 0.340 e. The Morgan fingerprint density at radius 1 is 1.30 bits per heavy atom. The van der Waals surface area contributed by atoms with Crippen LogP contribution in [0.15, 0.2) is 29.1 Å². The van der Waals surface area contributed by atoms with Gasteiger partial charge in [-0.3, -0.25) is 9.69 Å². The summed E-state index contributed by atoms with van der Waals surface area (Å²) in [5.74, 6) is -2.28. The van der Waals surface area contributed by atoms with Gasteiger partial charge in [-0.1, -0.05) is 38.1 Å². The second kappa shape index (κ2) is 7.80. The first-order chi connectivity index (χ1) is 14.3. The average Bonchev–Trinajstić information content (AvgIpc) is 3.08. The average molecular weight is 413 g/mol. The van der Waals surface area contributed by atoms with Crippen molar-refractivity contribution in [1.29, 1.82) is 0 Å². The number of hydrogen-bond acceptors (Lipinski definition) is 4. The molecule has 0 saturated carbocycles. The predicted octanol–water partition coefficient (Wildman–Crippen LogP) is 3.77. The second-order valence-electron chi connectivity index (χ2n) is 8.50. The summed E-state index contributed by atoms with van der Waals surface area (Å²) in [6, 6.07) is 6.93. The molecule has 0 amide bonds. The van der Waals surface area contributed by atoms with Gasteiger partial charge in [0.25, 0.3) is 5.56 Å². The van der Waals surface area contributed by atoms with Gasteiger partial charge in [0.05, 0.1) is 18.7 Å². The van der Waals surface area contributed by atoms with Crippen LogP contribution in [0.1, 0.15) is 37.1 Å². The van der Waals surface area contributed by atoms with Gasteiger partial charge in [0.1, 0.15) is 5.69 Å². The molecule has 1 aromatic heterocycles. The highest BCUT2D eigenvalue weighted by molar-refractivity contribution is 5.46. The standard InChI is InChI=1S/C22H25F2N5O/c1-15(2)7-8-28-9-10-29-19-18(20(30)26-21(28)29)13-27(14-22(19,23)24)12-16-5-4-6-17(11-16)25-3/h4-6,11,15H,7-10,12-14H2,1-2H3. The van der Waals surface area contributed by atoms with Crippen LogP contribution in [0.3, 0.4) is 0 Å². The molecule has 2 aliphatic heterocycles. The van der Waals surface area contributed by atoms with Crippen molar-refractivity contribution in [1.82, 2.24) is 14.5 Å². The lowest BCUT2D eigenvalue weighted by Crippen LogP contribution is -2.45. The van der Waals surface area contributed by atoms with Crippen LogP contribution in [0, 0.1) is 12.5 Å². The molecule has 0 atom stereocenters. The van der Waals surface area contributed by atoms with E-state index in [1.54, 1.807) is 27.7 Å². The zero-order chi connectivity index (χ0) is 21.5. The van der Waals surface area contributed by atoms with Crippen LogP contribution < -0.4 is 10.5 Å². The number of hydrogen-bond donors (Lipinski definition) is 0. The molecule has 6 nitrogen and oxygen atoms in total. The van der Waals surface area contributed by atoms with Crippen molar-refractivity contribution in [3.63, 3.8) is 0 Å². The van der Waals surface area contributed by atoms with Crippen LogP contribution in [-0.2, 0) is 25.6 Å². The Balaban J connectivity index is 1.65. The van der Waals surface area contributed by atoms with Gasteiger partial charge in [0, 0.05) is 32.7 Å². The number of aromatic nitrogens is 2. The number of benzene rings is 1. The summed E-state index contributed by atoms with van der Waals surface area (Å²) in [7, 11) is 0. The predicted molar refractivity (Wildman–Crippen MR) is 111 cm³/mol. The number of alkyl halides is 2. The zero-order valence-electron chi connectivity index (χ0n) is 17.2. The lowest BCUT2D eigenvalue weighted by molar-refractivity contribution is -0.0621. The molecule has 30 heavy (non-hydrogen) atoms. The Morgan fingerprint density at radius 3 is 2.83 bits per heavy atom. The van der Waals surface area contributed by atoms with E-state index in [4.69, 9.17) is 6.57 Å². The van der Waals surface area contributed by atoms with Crippen molar-refractivity contribution < 1.29 is 8.78 Å². The summed E-state index contributed by atoms with van der Waals surface area (Å²) < 4.78 is 32.1. The molecule has 0 saturated heterocycles. The van der Waals surface area contributed by atoms with Gasteiger partial charge in [-0.25, -0.2) is 4.85 Å². The fraction of sp³-hybridized carbons (Fsp3) is 0.500. The van der Waals surface area contributed by atoms with E-state index in [0.29, 0.717) is 37.2 Å². The van der Waals surface area contributed by atoms with Gasteiger partial charge in [0.2, 0.25) is 5.95 Å². The molecule has 0 spiro atoms.